The summed E-state index contributed by atoms with van der Waals surface area (Å²) in [6.07, 6.45) is 1.22. The van der Waals surface area contributed by atoms with Gasteiger partial charge in [0.25, 0.3) is 5.91 Å². The third kappa shape index (κ3) is 5.68. The van der Waals surface area contributed by atoms with Gasteiger partial charge in [0.2, 0.25) is 0 Å². The zero-order valence-electron chi connectivity index (χ0n) is 19.3. The van der Waals surface area contributed by atoms with Crippen molar-refractivity contribution in [2.75, 3.05) is 26.0 Å². The summed E-state index contributed by atoms with van der Waals surface area (Å²) in [5.41, 5.74) is 2.28. The van der Waals surface area contributed by atoms with E-state index >= 15 is 0 Å². The second-order valence-corrected chi connectivity index (χ2v) is 12.4. The molecule has 9 heteroatoms. The van der Waals surface area contributed by atoms with Crippen molar-refractivity contribution in [1.82, 2.24) is 4.90 Å². The van der Waals surface area contributed by atoms with Gasteiger partial charge >= 0.3 is 0 Å². The quantitative estimate of drug-likeness (QED) is 0.378. The first-order chi connectivity index (χ1) is 16.6. The molecule has 0 radical (unpaired) electrons. The van der Waals surface area contributed by atoms with Crippen LogP contribution in [-0.2, 0) is 16.3 Å². The Morgan fingerprint density at radius 3 is 2.34 bits per heavy atom. The van der Waals surface area contributed by atoms with Crippen molar-refractivity contribution in [3.05, 3.63) is 92.4 Å². The molecule has 0 heterocycles. The predicted octanol–water partition coefficient (Wildman–Crippen LogP) is 6.54. The summed E-state index contributed by atoms with van der Waals surface area (Å²) >= 11 is 18.5. The maximum atomic E-state index is 13.8. The molecule has 3 aromatic rings. The van der Waals surface area contributed by atoms with E-state index in [-0.39, 0.29) is 26.4 Å². The van der Waals surface area contributed by atoms with Gasteiger partial charge in [-0.2, -0.15) is 0 Å². The first-order valence-electron chi connectivity index (χ1n) is 11.1. The highest BCUT2D eigenvalue weighted by molar-refractivity contribution is 7.91. The molecule has 35 heavy (non-hydrogen) atoms. The van der Waals surface area contributed by atoms with Crippen LogP contribution in [0.5, 0.6) is 0 Å². The Morgan fingerprint density at radius 2 is 1.69 bits per heavy atom. The Kier molecular flexibility index (Phi) is 7.79. The molecule has 0 saturated carbocycles. The fraction of sp³-hybridized carbons (Fsp3) is 0.269. The maximum Gasteiger partial charge on any atom is 0.258 e. The molecule has 0 aliphatic heterocycles. The summed E-state index contributed by atoms with van der Waals surface area (Å²) in [7, 11) is 0.226. The van der Waals surface area contributed by atoms with E-state index in [1.807, 2.05) is 20.2 Å². The Hall–Kier alpha value is -2.09. The summed E-state index contributed by atoms with van der Waals surface area (Å²) in [5.74, 6) is -0.296. The predicted molar refractivity (Wildman–Crippen MR) is 143 cm³/mol. The van der Waals surface area contributed by atoms with Gasteiger partial charge in [0.05, 0.1) is 25.8 Å². The van der Waals surface area contributed by atoms with E-state index in [0.717, 1.165) is 18.5 Å². The molecule has 0 aromatic heterocycles. The number of anilines is 1. The number of carbonyl (C=O) groups excluding carboxylic acids is 1. The van der Waals surface area contributed by atoms with Crippen LogP contribution in [0.15, 0.2) is 65.6 Å². The van der Waals surface area contributed by atoms with Crippen molar-refractivity contribution >= 4 is 56.2 Å². The maximum absolute atomic E-state index is 13.8. The van der Waals surface area contributed by atoms with Gasteiger partial charge in [0.15, 0.2) is 9.84 Å². The first-order valence-corrected chi connectivity index (χ1v) is 13.8. The molecule has 0 spiro atoms. The summed E-state index contributed by atoms with van der Waals surface area (Å²) in [6, 6.07) is 16.6. The van der Waals surface area contributed by atoms with E-state index in [0.29, 0.717) is 22.7 Å². The standard InChI is InChI=1S/C26H25Cl3N2O3S/c1-31(2)15-16-11-17-9-10-19(30-26(32)25-22(28)7-4-8-23(25)29)14-21(17)24(12-16)35(33,34)20-6-3-5-18(27)13-20/h3-10,13-14,16,24H,11-12,15H2,1-2H3,(H,30,32). The van der Waals surface area contributed by atoms with Gasteiger partial charge in [0, 0.05) is 17.3 Å². The number of hydrogen-bond acceptors (Lipinski definition) is 4. The lowest BCUT2D eigenvalue weighted by Gasteiger charge is -2.33. The molecule has 1 aliphatic carbocycles. The summed E-state index contributed by atoms with van der Waals surface area (Å²) in [6.45, 7) is 0.768. The molecule has 4 rings (SSSR count). The molecule has 5 nitrogen and oxygen atoms in total. The Bertz CT molecular complexity index is 1360. The third-order valence-electron chi connectivity index (χ3n) is 6.12. The summed E-state index contributed by atoms with van der Waals surface area (Å²) in [5, 5.41) is 2.89. The molecular formula is C26H25Cl3N2O3S. The normalized spacial score (nSPS) is 17.8. The minimum Gasteiger partial charge on any atom is -0.322 e. The fourth-order valence-corrected chi connectivity index (χ4v) is 7.44. The van der Waals surface area contributed by atoms with Crippen LogP contribution in [0.1, 0.15) is 33.2 Å². The zero-order chi connectivity index (χ0) is 25.3. The number of nitrogens with one attached hydrogen (secondary N) is 1. The average molecular weight is 552 g/mol. The van der Waals surface area contributed by atoms with Gasteiger partial charge in [-0.25, -0.2) is 8.42 Å². The highest BCUT2D eigenvalue weighted by Crippen LogP contribution is 2.43. The third-order valence-corrected chi connectivity index (χ3v) is 9.09. The minimum atomic E-state index is -3.74. The van der Waals surface area contributed by atoms with Gasteiger partial charge < -0.3 is 10.2 Å². The zero-order valence-corrected chi connectivity index (χ0v) is 22.3. The van der Waals surface area contributed by atoms with Crippen LogP contribution in [-0.4, -0.2) is 39.9 Å². The second-order valence-electron chi connectivity index (χ2n) is 9.02. The van der Waals surface area contributed by atoms with Crippen molar-refractivity contribution in [2.45, 2.75) is 23.0 Å². The van der Waals surface area contributed by atoms with E-state index in [9.17, 15) is 13.2 Å². The van der Waals surface area contributed by atoms with Gasteiger partial charge in [-0.15, -0.1) is 0 Å². The Morgan fingerprint density at radius 1 is 1.00 bits per heavy atom. The van der Waals surface area contributed by atoms with Crippen LogP contribution < -0.4 is 5.32 Å². The van der Waals surface area contributed by atoms with Gasteiger partial charge in [-0.05, 0) is 86.4 Å². The number of benzene rings is 3. The minimum absolute atomic E-state index is 0.166. The number of nitrogens with zero attached hydrogens (tertiary/aromatic N) is 1. The topological polar surface area (TPSA) is 66.5 Å². The van der Waals surface area contributed by atoms with Crippen LogP contribution in [0.2, 0.25) is 15.1 Å². The molecular weight excluding hydrogens is 527 g/mol. The highest BCUT2D eigenvalue weighted by atomic mass is 35.5. The van der Waals surface area contributed by atoms with Crippen LogP contribution in [0.25, 0.3) is 0 Å². The molecule has 0 bridgehead atoms. The number of amides is 1. The van der Waals surface area contributed by atoms with E-state index < -0.39 is 21.0 Å². The van der Waals surface area contributed by atoms with Gasteiger partial charge in [0.1, 0.15) is 0 Å². The highest BCUT2D eigenvalue weighted by Gasteiger charge is 2.37. The van der Waals surface area contributed by atoms with E-state index in [1.54, 1.807) is 48.5 Å². The largest absolute Gasteiger partial charge is 0.322 e. The van der Waals surface area contributed by atoms with E-state index in [2.05, 4.69) is 10.2 Å². The van der Waals surface area contributed by atoms with Crippen molar-refractivity contribution in [3.63, 3.8) is 0 Å². The molecule has 1 aliphatic rings. The van der Waals surface area contributed by atoms with Crippen LogP contribution in [0.4, 0.5) is 5.69 Å². The van der Waals surface area contributed by atoms with Crippen LogP contribution in [0.3, 0.4) is 0 Å². The van der Waals surface area contributed by atoms with Crippen LogP contribution in [0, 0.1) is 5.92 Å². The summed E-state index contributed by atoms with van der Waals surface area (Å²) < 4.78 is 27.6. The molecule has 2 unspecified atom stereocenters. The lowest BCUT2D eigenvalue weighted by Crippen LogP contribution is -2.31. The monoisotopic (exact) mass is 550 g/mol. The van der Waals surface area contributed by atoms with Crippen molar-refractivity contribution in [2.24, 2.45) is 5.92 Å². The number of hydrogen-bond donors (Lipinski definition) is 1. The second kappa shape index (κ2) is 10.5. The molecule has 3 aromatic carbocycles. The van der Waals surface area contributed by atoms with Crippen molar-refractivity contribution in [1.29, 1.82) is 0 Å². The fourth-order valence-electron chi connectivity index (χ4n) is 4.65. The molecule has 1 amide bonds. The van der Waals surface area contributed by atoms with E-state index in [4.69, 9.17) is 34.8 Å². The number of fused-ring (bicyclic) bond motifs is 1. The lowest BCUT2D eigenvalue weighted by atomic mass is 9.83. The number of rotatable bonds is 6. The lowest BCUT2D eigenvalue weighted by molar-refractivity contribution is 0.102. The van der Waals surface area contributed by atoms with Crippen molar-refractivity contribution < 1.29 is 13.2 Å². The number of halogens is 3. The SMILES string of the molecule is CN(C)CC1Cc2ccc(NC(=O)c3c(Cl)cccc3Cl)cc2C(S(=O)(=O)c2cccc(Cl)c2)C1. The molecule has 1 N–H and O–H groups in total. The molecule has 184 valence electrons. The number of carbonyl (C=O) groups is 1. The van der Waals surface area contributed by atoms with Crippen molar-refractivity contribution in [3.8, 4) is 0 Å². The smallest absolute Gasteiger partial charge is 0.258 e. The Labute approximate surface area is 220 Å². The van der Waals surface area contributed by atoms with E-state index in [1.165, 1.54) is 6.07 Å². The average Bonchev–Trinajstić information content (AvgIpc) is 2.78. The molecule has 2 atom stereocenters. The van der Waals surface area contributed by atoms with Gasteiger partial charge in [-0.3, -0.25) is 4.79 Å². The molecule has 0 saturated heterocycles. The number of sulfone groups is 1. The molecule has 0 fully saturated rings. The first kappa shape index (κ1) is 26.0. The summed E-state index contributed by atoms with van der Waals surface area (Å²) in [4.78, 5) is 15.2. The van der Waals surface area contributed by atoms with Crippen LogP contribution >= 0.6 is 34.8 Å². The Balaban J connectivity index is 1.73. The van der Waals surface area contributed by atoms with Gasteiger partial charge in [-0.1, -0.05) is 53.0 Å².